The smallest absolute Gasteiger partial charge is 0.322 e. The van der Waals surface area contributed by atoms with Crippen molar-refractivity contribution in [3.63, 3.8) is 0 Å². The molecule has 132 valence electrons. The summed E-state index contributed by atoms with van der Waals surface area (Å²) in [4.78, 5) is 23.1. The Kier molecular flexibility index (Phi) is 5.45. The third-order valence-corrected chi connectivity index (χ3v) is 5.96. The van der Waals surface area contributed by atoms with E-state index in [-0.39, 0.29) is 24.3 Å². The molecule has 1 aliphatic rings. The highest BCUT2D eigenvalue weighted by atomic mass is 32.2. The molecule has 1 N–H and O–H groups in total. The topological polar surface area (TPSA) is 110 Å². The number of hydrogen-bond acceptors (Lipinski definition) is 6. The Balaban J connectivity index is 2.30. The van der Waals surface area contributed by atoms with Gasteiger partial charge in [0.15, 0.2) is 0 Å². The fraction of sp³-hybridized carbons (Fsp3) is 0.467. The van der Waals surface area contributed by atoms with Crippen LogP contribution in [0.2, 0.25) is 0 Å². The van der Waals surface area contributed by atoms with Crippen LogP contribution in [0.3, 0.4) is 0 Å². The lowest BCUT2D eigenvalue weighted by Crippen LogP contribution is -2.51. The zero-order chi connectivity index (χ0) is 17.9. The first kappa shape index (κ1) is 18.2. The predicted molar refractivity (Wildman–Crippen MR) is 83.0 cm³/mol. The van der Waals surface area contributed by atoms with E-state index in [0.717, 1.165) is 4.31 Å². The van der Waals surface area contributed by atoms with Gasteiger partial charge in [0.1, 0.15) is 11.8 Å². The van der Waals surface area contributed by atoms with Crippen molar-refractivity contribution in [1.82, 2.24) is 4.31 Å². The lowest BCUT2D eigenvalue weighted by atomic mass is 9.92. The Morgan fingerprint density at radius 1 is 1.21 bits per heavy atom. The van der Waals surface area contributed by atoms with Gasteiger partial charge in [-0.2, -0.15) is 4.31 Å². The third kappa shape index (κ3) is 3.51. The number of carbonyl (C=O) groups is 2. The summed E-state index contributed by atoms with van der Waals surface area (Å²) in [6, 6.07) is 4.39. The van der Waals surface area contributed by atoms with Crippen LogP contribution in [-0.2, 0) is 24.3 Å². The quantitative estimate of drug-likeness (QED) is 0.773. The van der Waals surface area contributed by atoms with Crippen LogP contribution in [0, 0.1) is 5.92 Å². The van der Waals surface area contributed by atoms with E-state index in [0.29, 0.717) is 5.75 Å². The molecule has 1 aromatic carbocycles. The molecule has 8 nitrogen and oxygen atoms in total. The summed E-state index contributed by atoms with van der Waals surface area (Å²) < 4.78 is 36.1. The fourth-order valence-corrected chi connectivity index (χ4v) is 4.33. The van der Waals surface area contributed by atoms with E-state index in [2.05, 4.69) is 4.74 Å². The molecule has 2 atom stereocenters. The van der Waals surface area contributed by atoms with Crippen LogP contribution in [0.25, 0.3) is 0 Å². The SMILES string of the molecule is COC(=O)[C@@H]1CCN(S(=O)(=O)c2ccc(OC)cc2)[C@@H](C(=O)O)C1. The number of carboxylic acid groups (broad SMARTS) is 1. The summed E-state index contributed by atoms with van der Waals surface area (Å²) in [7, 11) is -1.31. The van der Waals surface area contributed by atoms with Crippen LogP contribution < -0.4 is 4.74 Å². The standard InChI is InChI=1S/C15H19NO7S/c1-22-11-3-5-12(6-4-11)24(20,21)16-8-7-10(15(19)23-2)9-13(16)14(17)18/h3-6,10,13H,7-9H2,1-2H3,(H,17,18)/t10-,13-/m1/s1. The minimum atomic E-state index is -3.99. The monoisotopic (exact) mass is 357 g/mol. The summed E-state index contributed by atoms with van der Waals surface area (Å²) in [5.41, 5.74) is 0. The maximum atomic E-state index is 12.8. The van der Waals surface area contributed by atoms with Gasteiger partial charge in [-0.1, -0.05) is 0 Å². The number of carbonyl (C=O) groups excluding carboxylic acids is 1. The van der Waals surface area contributed by atoms with Crippen molar-refractivity contribution in [2.24, 2.45) is 5.92 Å². The van der Waals surface area contributed by atoms with Crippen molar-refractivity contribution >= 4 is 22.0 Å². The number of nitrogens with zero attached hydrogens (tertiary/aromatic N) is 1. The van der Waals surface area contributed by atoms with Crippen molar-refractivity contribution in [1.29, 1.82) is 0 Å². The number of aliphatic carboxylic acids is 1. The third-order valence-electron chi connectivity index (χ3n) is 4.04. The Morgan fingerprint density at radius 2 is 1.83 bits per heavy atom. The van der Waals surface area contributed by atoms with E-state index in [9.17, 15) is 23.1 Å². The lowest BCUT2D eigenvalue weighted by Gasteiger charge is -2.35. The summed E-state index contributed by atoms with van der Waals surface area (Å²) in [6.07, 6.45) is 0.100. The second-order valence-electron chi connectivity index (χ2n) is 5.39. The van der Waals surface area contributed by atoms with Gasteiger partial charge in [0.25, 0.3) is 0 Å². The molecule has 0 amide bonds. The fourth-order valence-electron chi connectivity index (χ4n) is 2.72. The second-order valence-corrected chi connectivity index (χ2v) is 7.28. The second kappa shape index (κ2) is 7.18. The number of hydrogen-bond donors (Lipinski definition) is 1. The molecule has 2 rings (SSSR count). The van der Waals surface area contributed by atoms with Gasteiger partial charge in [-0.05, 0) is 37.1 Å². The highest BCUT2D eigenvalue weighted by molar-refractivity contribution is 7.89. The number of benzene rings is 1. The molecular formula is C15H19NO7S. The van der Waals surface area contributed by atoms with E-state index in [1.807, 2.05) is 0 Å². The first-order valence-electron chi connectivity index (χ1n) is 7.27. The van der Waals surface area contributed by atoms with Crippen LogP contribution >= 0.6 is 0 Å². The van der Waals surface area contributed by atoms with Gasteiger partial charge in [0.2, 0.25) is 10.0 Å². The normalized spacial score (nSPS) is 21.9. The minimum absolute atomic E-state index is 0.0222. The number of piperidine rings is 1. The number of esters is 1. The van der Waals surface area contributed by atoms with Crippen molar-refractivity contribution < 1.29 is 32.6 Å². The molecule has 24 heavy (non-hydrogen) atoms. The van der Waals surface area contributed by atoms with Gasteiger partial charge in [0.05, 0.1) is 25.0 Å². The van der Waals surface area contributed by atoms with Gasteiger partial charge in [0, 0.05) is 6.54 Å². The minimum Gasteiger partial charge on any atom is -0.497 e. The van der Waals surface area contributed by atoms with E-state index >= 15 is 0 Å². The first-order valence-corrected chi connectivity index (χ1v) is 8.71. The molecule has 1 saturated heterocycles. The largest absolute Gasteiger partial charge is 0.497 e. The first-order chi connectivity index (χ1) is 11.3. The van der Waals surface area contributed by atoms with E-state index in [1.165, 1.54) is 38.5 Å². The molecule has 1 fully saturated rings. The highest BCUT2D eigenvalue weighted by Gasteiger charge is 2.42. The highest BCUT2D eigenvalue weighted by Crippen LogP contribution is 2.30. The molecule has 0 radical (unpaired) electrons. The zero-order valence-corrected chi connectivity index (χ0v) is 14.2. The molecular weight excluding hydrogens is 338 g/mol. The van der Waals surface area contributed by atoms with Crippen molar-refractivity contribution in [3.8, 4) is 5.75 Å². The maximum Gasteiger partial charge on any atom is 0.322 e. The van der Waals surface area contributed by atoms with Crippen molar-refractivity contribution in [3.05, 3.63) is 24.3 Å². The Bertz CT molecular complexity index is 714. The average molecular weight is 357 g/mol. The average Bonchev–Trinajstić information content (AvgIpc) is 2.60. The molecule has 0 aromatic heterocycles. The molecule has 0 aliphatic carbocycles. The van der Waals surface area contributed by atoms with Crippen molar-refractivity contribution in [2.45, 2.75) is 23.8 Å². The van der Waals surface area contributed by atoms with E-state index in [1.54, 1.807) is 0 Å². The van der Waals surface area contributed by atoms with Crippen LogP contribution in [0.5, 0.6) is 5.75 Å². The van der Waals surface area contributed by atoms with E-state index < -0.39 is 33.9 Å². The molecule has 0 spiro atoms. The number of carboxylic acids is 1. The molecule has 0 unspecified atom stereocenters. The van der Waals surface area contributed by atoms with Gasteiger partial charge in [-0.3, -0.25) is 9.59 Å². The summed E-state index contributed by atoms with van der Waals surface area (Å²) in [6.45, 7) is -0.0644. The predicted octanol–water partition coefficient (Wildman–Crippen LogP) is 0.722. The van der Waals surface area contributed by atoms with Crippen LogP contribution in [-0.4, -0.2) is 56.6 Å². The number of sulfonamides is 1. The Labute approximate surface area is 140 Å². The van der Waals surface area contributed by atoms with Gasteiger partial charge in [-0.15, -0.1) is 0 Å². The number of ether oxygens (including phenoxy) is 2. The van der Waals surface area contributed by atoms with Crippen LogP contribution in [0.15, 0.2) is 29.2 Å². The van der Waals surface area contributed by atoms with E-state index in [4.69, 9.17) is 4.74 Å². The summed E-state index contributed by atoms with van der Waals surface area (Å²) in [5, 5.41) is 9.40. The maximum absolute atomic E-state index is 12.8. The van der Waals surface area contributed by atoms with Gasteiger partial charge in [-0.25, -0.2) is 8.42 Å². The number of methoxy groups -OCH3 is 2. The van der Waals surface area contributed by atoms with Crippen molar-refractivity contribution in [2.75, 3.05) is 20.8 Å². The van der Waals surface area contributed by atoms with Gasteiger partial charge >= 0.3 is 11.9 Å². The summed E-state index contributed by atoms with van der Waals surface area (Å²) >= 11 is 0. The van der Waals surface area contributed by atoms with Crippen LogP contribution in [0.1, 0.15) is 12.8 Å². The van der Waals surface area contributed by atoms with Crippen LogP contribution in [0.4, 0.5) is 0 Å². The molecule has 9 heteroatoms. The molecule has 0 bridgehead atoms. The Morgan fingerprint density at radius 3 is 2.33 bits per heavy atom. The lowest BCUT2D eigenvalue weighted by molar-refractivity contribution is -0.150. The molecule has 0 saturated carbocycles. The zero-order valence-electron chi connectivity index (χ0n) is 13.3. The Hall–Kier alpha value is -2.13. The van der Waals surface area contributed by atoms with Gasteiger partial charge < -0.3 is 14.6 Å². The molecule has 1 aliphatic heterocycles. The number of rotatable bonds is 5. The molecule has 1 aromatic rings. The summed E-state index contributed by atoms with van der Waals surface area (Å²) in [5.74, 6) is -1.95. The molecule has 1 heterocycles.